The summed E-state index contributed by atoms with van der Waals surface area (Å²) in [6.07, 6.45) is 1.35. The van der Waals surface area contributed by atoms with Crippen LogP contribution in [-0.4, -0.2) is 11.6 Å². The van der Waals surface area contributed by atoms with Gasteiger partial charge in [0.25, 0.3) is 0 Å². The third-order valence-corrected chi connectivity index (χ3v) is 4.00. The van der Waals surface area contributed by atoms with Crippen LogP contribution >= 0.6 is 11.8 Å². The first-order chi connectivity index (χ1) is 9.65. The topological polar surface area (TPSA) is 34.1 Å². The van der Waals surface area contributed by atoms with Crippen LogP contribution < -0.4 is 0 Å². The van der Waals surface area contributed by atoms with Crippen molar-refractivity contribution in [3.63, 3.8) is 0 Å². The Balaban J connectivity index is 1.94. The number of hydrogen-bond donors (Lipinski definition) is 0. The van der Waals surface area contributed by atoms with Crippen LogP contribution in [0.5, 0.6) is 0 Å². The fourth-order valence-electron chi connectivity index (χ4n) is 2.00. The molecule has 20 heavy (non-hydrogen) atoms. The highest BCUT2D eigenvalue weighted by Crippen LogP contribution is 2.33. The van der Waals surface area contributed by atoms with E-state index in [0.29, 0.717) is 16.0 Å². The molecule has 0 atom stereocenters. The molecule has 2 aromatic rings. The average Bonchev–Trinajstić information content (AvgIpc) is 2.47. The molecular weight excluding hydrogens is 275 g/mol. The second-order valence-corrected chi connectivity index (χ2v) is 5.42. The van der Waals surface area contributed by atoms with Gasteiger partial charge in [-0.25, -0.2) is 4.39 Å². The van der Waals surface area contributed by atoms with Crippen LogP contribution in [-0.2, 0) is 0 Å². The molecule has 0 heterocycles. The summed E-state index contributed by atoms with van der Waals surface area (Å²) in [4.78, 5) is 25.4. The first-order valence-electron chi connectivity index (χ1n) is 5.98. The molecule has 1 aliphatic rings. The fraction of sp³-hybridized carbons (Fsp3) is 0. The molecule has 0 N–H and O–H groups in total. The average molecular weight is 284 g/mol. The van der Waals surface area contributed by atoms with Crippen LogP contribution in [0.25, 0.3) is 0 Å². The molecule has 0 bridgehead atoms. The summed E-state index contributed by atoms with van der Waals surface area (Å²) in [6.45, 7) is 0. The van der Waals surface area contributed by atoms with E-state index in [2.05, 4.69) is 0 Å². The maximum Gasteiger partial charge on any atom is 0.200 e. The number of carbonyl (C=O) groups is 2. The summed E-state index contributed by atoms with van der Waals surface area (Å²) < 4.78 is 12.9. The van der Waals surface area contributed by atoms with Gasteiger partial charge in [0.05, 0.1) is 4.91 Å². The number of allylic oxidation sites excluding steroid dienone is 2. The van der Waals surface area contributed by atoms with E-state index in [-0.39, 0.29) is 17.4 Å². The van der Waals surface area contributed by atoms with Gasteiger partial charge in [-0.1, -0.05) is 36.0 Å². The molecule has 0 saturated heterocycles. The van der Waals surface area contributed by atoms with Gasteiger partial charge in [-0.05, 0) is 24.3 Å². The Hall–Kier alpha value is -2.20. The molecule has 0 unspecified atom stereocenters. The molecule has 0 amide bonds. The second-order valence-electron chi connectivity index (χ2n) is 4.30. The molecule has 3 rings (SSSR count). The standard InChI is InChI=1S/C16H9FO2S/c17-10-5-7-11(8-6-10)20-15-9-14(18)12-3-1-2-4-13(12)16(15)19/h1-9H. The molecule has 2 aromatic carbocycles. The molecule has 0 aromatic heterocycles. The summed E-state index contributed by atoms with van der Waals surface area (Å²) in [5.74, 6) is -0.681. The zero-order valence-corrected chi connectivity index (χ0v) is 11.1. The normalized spacial score (nSPS) is 13.9. The van der Waals surface area contributed by atoms with Gasteiger partial charge in [-0.2, -0.15) is 0 Å². The molecule has 0 saturated carbocycles. The van der Waals surface area contributed by atoms with E-state index in [1.807, 2.05) is 0 Å². The summed E-state index contributed by atoms with van der Waals surface area (Å²) in [5, 5.41) is 0. The van der Waals surface area contributed by atoms with E-state index in [1.165, 1.54) is 30.0 Å². The fourth-order valence-corrected chi connectivity index (χ4v) is 2.89. The maximum atomic E-state index is 12.9. The van der Waals surface area contributed by atoms with Crippen LogP contribution in [0.1, 0.15) is 20.7 Å². The van der Waals surface area contributed by atoms with Gasteiger partial charge in [-0.15, -0.1) is 0 Å². The van der Waals surface area contributed by atoms with Crippen LogP contribution in [0.4, 0.5) is 4.39 Å². The lowest BCUT2D eigenvalue weighted by atomic mass is 9.95. The van der Waals surface area contributed by atoms with Crippen molar-refractivity contribution in [3.8, 4) is 0 Å². The third-order valence-electron chi connectivity index (χ3n) is 2.96. The Labute approximate surface area is 119 Å². The number of Topliss-reactive ketones (excluding diaryl/α,β-unsaturated/α-hetero) is 1. The number of fused-ring (bicyclic) bond motifs is 1. The number of hydrogen-bond acceptors (Lipinski definition) is 3. The molecule has 0 spiro atoms. The number of thioether (sulfide) groups is 1. The van der Waals surface area contributed by atoms with E-state index in [4.69, 9.17) is 0 Å². The highest BCUT2D eigenvalue weighted by atomic mass is 32.2. The van der Waals surface area contributed by atoms with Crippen molar-refractivity contribution in [2.45, 2.75) is 4.90 Å². The van der Waals surface area contributed by atoms with Crippen LogP contribution in [0.3, 0.4) is 0 Å². The van der Waals surface area contributed by atoms with E-state index in [0.717, 1.165) is 4.90 Å². The van der Waals surface area contributed by atoms with Crippen molar-refractivity contribution in [1.82, 2.24) is 0 Å². The summed E-state index contributed by atoms with van der Waals surface area (Å²) in [5.41, 5.74) is 0.852. The lowest BCUT2D eigenvalue weighted by Crippen LogP contribution is -2.15. The molecule has 4 heteroatoms. The molecular formula is C16H9FO2S. The van der Waals surface area contributed by atoms with Crippen molar-refractivity contribution in [2.24, 2.45) is 0 Å². The quantitative estimate of drug-likeness (QED) is 0.839. The minimum Gasteiger partial charge on any atom is -0.289 e. The minimum absolute atomic E-state index is 0.172. The van der Waals surface area contributed by atoms with Gasteiger partial charge in [0.15, 0.2) is 5.78 Å². The number of carbonyl (C=O) groups excluding carboxylic acids is 2. The zero-order valence-electron chi connectivity index (χ0n) is 10.3. The van der Waals surface area contributed by atoms with Crippen LogP contribution in [0.15, 0.2) is 64.4 Å². The van der Waals surface area contributed by atoms with Crippen molar-refractivity contribution >= 4 is 23.3 Å². The number of halogens is 1. The third kappa shape index (κ3) is 2.30. The Morgan fingerprint density at radius 3 is 2.20 bits per heavy atom. The Kier molecular flexibility index (Phi) is 3.24. The van der Waals surface area contributed by atoms with Crippen molar-refractivity contribution in [3.05, 3.63) is 76.5 Å². The Bertz CT molecular complexity index is 732. The van der Waals surface area contributed by atoms with Crippen molar-refractivity contribution < 1.29 is 14.0 Å². The van der Waals surface area contributed by atoms with E-state index in [1.54, 1.807) is 36.4 Å². The highest BCUT2D eigenvalue weighted by Gasteiger charge is 2.25. The van der Waals surface area contributed by atoms with Gasteiger partial charge in [0.2, 0.25) is 5.78 Å². The molecule has 2 nitrogen and oxygen atoms in total. The van der Waals surface area contributed by atoms with Gasteiger partial charge in [0, 0.05) is 22.1 Å². The maximum absolute atomic E-state index is 12.9. The summed E-state index contributed by atoms with van der Waals surface area (Å²) in [7, 11) is 0. The van der Waals surface area contributed by atoms with E-state index < -0.39 is 0 Å². The van der Waals surface area contributed by atoms with Crippen LogP contribution in [0.2, 0.25) is 0 Å². The Morgan fingerprint density at radius 2 is 1.50 bits per heavy atom. The molecule has 1 aliphatic carbocycles. The minimum atomic E-state index is -0.334. The van der Waals surface area contributed by atoms with Gasteiger partial charge in [0.1, 0.15) is 5.82 Å². The predicted molar refractivity (Wildman–Crippen MR) is 75.4 cm³/mol. The van der Waals surface area contributed by atoms with E-state index >= 15 is 0 Å². The summed E-state index contributed by atoms with van der Waals surface area (Å²) >= 11 is 1.17. The van der Waals surface area contributed by atoms with Crippen molar-refractivity contribution in [1.29, 1.82) is 0 Å². The predicted octanol–water partition coefficient (Wildman–Crippen LogP) is 3.88. The van der Waals surface area contributed by atoms with Crippen molar-refractivity contribution in [2.75, 3.05) is 0 Å². The first-order valence-corrected chi connectivity index (χ1v) is 6.80. The Morgan fingerprint density at radius 1 is 0.850 bits per heavy atom. The SMILES string of the molecule is O=C1C=C(Sc2ccc(F)cc2)C(=O)c2ccccc21. The molecule has 0 fully saturated rings. The first kappa shape index (κ1) is 12.8. The number of benzene rings is 2. The zero-order chi connectivity index (χ0) is 14.1. The molecule has 0 aliphatic heterocycles. The highest BCUT2D eigenvalue weighted by molar-refractivity contribution is 8.04. The monoisotopic (exact) mass is 284 g/mol. The number of rotatable bonds is 2. The molecule has 98 valence electrons. The lowest BCUT2D eigenvalue weighted by molar-refractivity contribution is 0.0991. The smallest absolute Gasteiger partial charge is 0.200 e. The van der Waals surface area contributed by atoms with Crippen LogP contribution in [0, 0.1) is 5.82 Å². The van der Waals surface area contributed by atoms with Gasteiger partial charge in [-0.3, -0.25) is 9.59 Å². The summed E-state index contributed by atoms with van der Waals surface area (Å²) in [6, 6.07) is 12.6. The second kappa shape index (κ2) is 5.06. The molecule has 0 radical (unpaired) electrons. The lowest BCUT2D eigenvalue weighted by Gasteiger charge is -2.14. The largest absolute Gasteiger partial charge is 0.289 e. The number of ketones is 2. The van der Waals surface area contributed by atoms with Gasteiger partial charge < -0.3 is 0 Å². The van der Waals surface area contributed by atoms with E-state index in [9.17, 15) is 14.0 Å². The van der Waals surface area contributed by atoms with Gasteiger partial charge >= 0.3 is 0 Å².